The average molecular weight is 367 g/mol. The van der Waals surface area contributed by atoms with Crippen LogP contribution in [-0.2, 0) is 12.8 Å². The first kappa shape index (κ1) is 18.1. The summed E-state index contributed by atoms with van der Waals surface area (Å²) in [4.78, 5) is 14.6. The Kier molecular flexibility index (Phi) is 5.75. The number of anilines is 2. The molecule has 0 radical (unpaired) electrons. The van der Waals surface area contributed by atoms with Gasteiger partial charge in [-0.25, -0.2) is 4.98 Å². The maximum atomic E-state index is 6.08. The van der Waals surface area contributed by atoms with Gasteiger partial charge < -0.3 is 14.5 Å². The Morgan fingerprint density at radius 2 is 1.67 bits per heavy atom. The summed E-state index contributed by atoms with van der Waals surface area (Å²) < 4.78 is 6.08. The molecule has 1 aliphatic heterocycles. The summed E-state index contributed by atoms with van der Waals surface area (Å²) >= 11 is 0. The zero-order valence-corrected chi connectivity index (χ0v) is 16.4. The van der Waals surface area contributed by atoms with Gasteiger partial charge in [-0.05, 0) is 44.2 Å². The maximum absolute atomic E-state index is 6.08. The Balaban J connectivity index is 1.49. The monoisotopic (exact) mass is 366 g/mol. The highest BCUT2D eigenvalue weighted by Gasteiger charge is 2.24. The summed E-state index contributed by atoms with van der Waals surface area (Å²) in [6.07, 6.45) is 6.76. The van der Waals surface area contributed by atoms with Crippen LogP contribution in [0.2, 0.25) is 0 Å². The Hall–Kier alpha value is -2.30. The first-order valence-corrected chi connectivity index (χ1v) is 10.4. The van der Waals surface area contributed by atoms with Crippen LogP contribution in [0.25, 0.3) is 0 Å². The van der Waals surface area contributed by atoms with Gasteiger partial charge in [0.2, 0.25) is 11.8 Å². The molecule has 1 fully saturated rings. The third-order valence-electron chi connectivity index (χ3n) is 5.55. The molecule has 0 spiro atoms. The number of ether oxygens (including phenoxy) is 1. The largest absolute Gasteiger partial charge is 0.477 e. The molecule has 0 atom stereocenters. The molecule has 144 valence electrons. The van der Waals surface area contributed by atoms with Gasteiger partial charge in [0.15, 0.2) is 0 Å². The molecule has 5 heteroatoms. The fourth-order valence-electron chi connectivity index (χ4n) is 3.92. The van der Waals surface area contributed by atoms with Gasteiger partial charge in [-0.1, -0.05) is 31.5 Å². The number of benzene rings is 1. The summed E-state index contributed by atoms with van der Waals surface area (Å²) in [7, 11) is 0. The maximum Gasteiger partial charge on any atom is 0.229 e. The number of para-hydroxylation sites is 1. The number of fused-ring (bicyclic) bond motifs is 1. The molecule has 1 aromatic heterocycles. The van der Waals surface area contributed by atoms with Crippen LogP contribution in [0, 0.1) is 0 Å². The topological polar surface area (TPSA) is 41.5 Å². The second-order valence-electron chi connectivity index (χ2n) is 7.47. The lowest BCUT2D eigenvalue weighted by Crippen LogP contribution is -2.47. The van der Waals surface area contributed by atoms with E-state index < -0.39 is 0 Å². The smallest absolute Gasteiger partial charge is 0.229 e. The number of rotatable bonds is 6. The minimum atomic E-state index is 0.751. The average Bonchev–Trinajstić information content (AvgIpc) is 2.74. The van der Waals surface area contributed by atoms with Gasteiger partial charge in [0, 0.05) is 37.4 Å². The van der Waals surface area contributed by atoms with Gasteiger partial charge >= 0.3 is 0 Å². The van der Waals surface area contributed by atoms with Crippen molar-refractivity contribution in [3.8, 4) is 5.88 Å². The molecular formula is C22H30N4O. The van der Waals surface area contributed by atoms with Crippen LogP contribution in [-0.4, -0.2) is 42.8 Å². The van der Waals surface area contributed by atoms with E-state index in [1.165, 1.54) is 29.8 Å². The second kappa shape index (κ2) is 8.59. The van der Waals surface area contributed by atoms with Gasteiger partial charge in [0.25, 0.3) is 0 Å². The molecule has 0 bridgehead atoms. The zero-order valence-electron chi connectivity index (χ0n) is 16.4. The number of aromatic nitrogens is 2. The van der Waals surface area contributed by atoms with Gasteiger partial charge in [-0.3, -0.25) is 0 Å². The standard InChI is InChI=1S/C22H30N4O/c1-2-3-17-27-21-19-11-7-8-12-20(19)23-22(24-21)26-15-13-25(14-16-26)18-9-5-4-6-10-18/h4-6,9-10H,2-3,7-8,11-17H2,1H3. The van der Waals surface area contributed by atoms with E-state index in [4.69, 9.17) is 14.7 Å². The lowest BCUT2D eigenvalue weighted by atomic mass is 9.97. The molecule has 0 amide bonds. The van der Waals surface area contributed by atoms with Crippen molar-refractivity contribution >= 4 is 11.6 Å². The fraction of sp³-hybridized carbons (Fsp3) is 0.545. The van der Waals surface area contributed by atoms with Crippen LogP contribution in [0.15, 0.2) is 30.3 Å². The molecule has 1 aliphatic carbocycles. The zero-order chi connectivity index (χ0) is 18.5. The molecule has 5 nitrogen and oxygen atoms in total. The van der Waals surface area contributed by atoms with Crippen molar-refractivity contribution in [1.82, 2.24) is 9.97 Å². The highest BCUT2D eigenvalue weighted by atomic mass is 16.5. The summed E-state index contributed by atoms with van der Waals surface area (Å²) in [5.74, 6) is 1.70. The van der Waals surface area contributed by atoms with Crippen molar-refractivity contribution in [2.24, 2.45) is 0 Å². The summed E-state index contributed by atoms with van der Waals surface area (Å²) in [6.45, 7) is 6.83. The molecular weight excluding hydrogens is 336 g/mol. The minimum Gasteiger partial charge on any atom is -0.477 e. The number of aryl methyl sites for hydroxylation is 1. The minimum absolute atomic E-state index is 0.751. The van der Waals surface area contributed by atoms with Crippen molar-refractivity contribution in [1.29, 1.82) is 0 Å². The highest BCUT2D eigenvalue weighted by Crippen LogP contribution is 2.30. The number of nitrogens with zero attached hydrogens (tertiary/aromatic N) is 4. The Bertz CT molecular complexity index is 741. The van der Waals surface area contributed by atoms with E-state index >= 15 is 0 Å². The number of piperazine rings is 1. The van der Waals surface area contributed by atoms with Crippen LogP contribution < -0.4 is 14.5 Å². The van der Waals surface area contributed by atoms with E-state index in [2.05, 4.69) is 47.1 Å². The van der Waals surface area contributed by atoms with E-state index in [1.54, 1.807) is 0 Å². The van der Waals surface area contributed by atoms with Crippen LogP contribution in [0.5, 0.6) is 5.88 Å². The van der Waals surface area contributed by atoms with Crippen molar-refractivity contribution < 1.29 is 4.74 Å². The van der Waals surface area contributed by atoms with Gasteiger partial charge in [-0.15, -0.1) is 0 Å². The molecule has 2 aromatic rings. The normalized spacial score (nSPS) is 16.9. The molecule has 2 heterocycles. The SMILES string of the molecule is CCCCOc1nc(N2CCN(c3ccccc3)CC2)nc2c1CCCC2. The van der Waals surface area contributed by atoms with E-state index in [1.807, 2.05) is 0 Å². The van der Waals surface area contributed by atoms with Crippen LogP contribution >= 0.6 is 0 Å². The summed E-state index contributed by atoms with van der Waals surface area (Å²) in [5.41, 5.74) is 3.76. The van der Waals surface area contributed by atoms with Crippen LogP contribution in [0.4, 0.5) is 11.6 Å². The van der Waals surface area contributed by atoms with Gasteiger partial charge in [0.05, 0.1) is 12.3 Å². The number of hydrogen-bond acceptors (Lipinski definition) is 5. The third kappa shape index (κ3) is 4.18. The van der Waals surface area contributed by atoms with Gasteiger partial charge in [0.1, 0.15) is 0 Å². The number of hydrogen-bond donors (Lipinski definition) is 0. The molecule has 2 aliphatic rings. The van der Waals surface area contributed by atoms with E-state index in [0.717, 1.165) is 70.3 Å². The van der Waals surface area contributed by atoms with Crippen LogP contribution in [0.1, 0.15) is 43.9 Å². The summed E-state index contributed by atoms with van der Waals surface area (Å²) in [6, 6.07) is 10.7. The molecule has 1 aromatic carbocycles. The van der Waals surface area contributed by atoms with Gasteiger partial charge in [-0.2, -0.15) is 4.98 Å². The predicted octanol–water partition coefficient (Wildman–Crippen LogP) is 3.86. The quantitative estimate of drug-likeness (QED) is 0.726. The van der Waals surface area contributed by atoms with Crippen LogP contribution in [0.3, 0.4) is 0 Å². The lowest BCUT2D eigenvalue weighted by molar-refractivity contribution is 0.292. The Labute approximate surface area is 162 Å². The summed E-state index contributed by atoms with van der Waals surface area (Å²) in [5, 5.41) is 0. The molecule has 27 heavy (non-hydrogen) atoms. The highest BCUT2D eigenvalue weighted by molar-refractivity contribution is 5.49. The molecule has 0 unspecified atom stereocenters. The van der Waals surface area contributed by atoms with E-state index in [9.17, 15) is 0 Å². The lowest BCUT2D eigenvalue weighted by Gasteiger charge is -2.36. The van der Waals surface area contributed by atoms with Crippen molar-refractivity contribution in [3.63, 3.8) is 0 Å². The van der Waals surface area contributed by atoms with Crippen molar-refractivity contribution in [2.75, 3.05) is 42.6 Å². The first-order valence-electron chi connectivity index (χ1n) is 10.4. The fourth-order valence-corrected chi connectivity index (χ4v) is 3.92. The van der Waals surface area contributed by atoms with Crippen molar-refractivity contribution in [3.05, 3.63) is 41.6 Å². The Morgan fingerprint density at radius 1 is 0.926 bits per heavy atom. The van der Waals surface area contributed by atoms with Crippen molar-refractivity contribution in [2.45, 2.75) is 45.4 Å². The van der Waals surface area contributed by atoms with E-state index in [0.29, 0.717) is 0 Å². The molecule has 0 saturated carbocycles. The molecule has 0 N–H and O–H groups in total. The predicted molar refractivity (Wildman–Crippen MR) is 110 cm³/mol. The van der Waals surface area contributed by atoms with E-state index in [-0.39, 0.29) is 0 Å². The molecule has 1 saturated heterocycles. The number of unbranched alkanes of at least 4 members (excludes halogenated alkanes) is 1. The second-order valence-corrected chi connectivity index (χ2v) is 7.47. The molecule has 4 rings (SSSR count). The third-order valence-corrected chi connectivity index (χ3v) is 5.55. The first-order chi connectivity index (χ1) is 13.3. The Morgan fingerprint density at radius 3 is 2.44 bits per heavy atom.